The van der Waals surface area contributed by atoms with Crippen molar-refractivity contribution in [2.75, 3.05) is 26.7 Å². The third-order valence-corrected chi connectivity index (χ3v) is 1.94. The van der Waals surface area contributed by atoms with Gasteiger partial charge in [-0.3, -0.25) is 0 Å². The fraction of sp³-hybridized carbons (Fsp3) is 0.889. The van der Waals surface area contributed by atoms with Crippen molar-refractivity contribution < 1.29 is 0 Å². The quantitative estimate of drug-likeness (QED) is 0.599. The summed E-state index contributed by atoms with van der Waals surface area (Å²) in [5, 5.41) is 11.5. The van der Waals surface area contributed by atoms with Crippen LogP contribution in [0.5, 0.6) is 0 Å². The zero-order chi connectivity index (χ0) is 9.40. The molecule has 1 N–H and O–H groups in total. The van der Waals surface area contributed by atoms with Crippen molar-refractivity contribution in [2.45, 2.75) is 26.3 Å². The second-order valence-electron chi connectivity index (χ2n) is 3.23. The fourth-order valence-corrected chi connectivity index (χ4v) is 0.783. The number of nitrogens with zero attached hydrogens (tertiary/aromatic N) is 2. The summed E-state index contributed by atoms with van der Waals surface area (Å²) in [6.07, 6.45) is 0.603. The maximum Gasteiger partial charge on any atom is 0.0635 e. The highest BCUT2D eigenvalue weighted by Gasteiger charge is 2.00. The van der Waals surface area contributed by atoms with Crippen molar-refractivity contribution in [3.63, 3.8) is 0 Å². The smallest absolute Gasteiger partial charge is 0.0635 e. The summed E-state index contributed by atoms with van der Waals surface area (Å²) in [5.41, 5.74) is 0. The van der Waals surface area contributed by atoms with Crippen LogP contribution in [-0.4, -0.2) is 37.6 Å². The Morgan fingerprint density at radius 3 is 2.58 bits per heavy atom. The second kappa shape index (κ2) is 7.08. The van der Waals surface area contributed by atoms with Crippen LogP contribution in [0.3, 0.4) is 0 Å². The van der Waals surface area contributed by atoms with E-state index in [9.17, 15) is 0 Å². The van der Waals surface area contributed by atoms with Gasteiger partial charge in [0.05, 0.1) is 6.07 Å². The Morgan fingerprint density at radius 1 is 1.42 bits per heavy atom. The second-order valence-corrected chi connectivity index (χ2v) is 3.23. The number of rotatable bonds is 6. The molecule has 0 saturated carbocycles. The molecule has 0 bridgehead atoms. The first-order chi connectivity index (χ1) is 5.68. The van der Waals surface area contributed by atoms with Crippen molar-refractivity contribution in [1.29, 1.82) is 5.26 Å². The molecule has 0 amide bonds. The SMILES string of the molecule is CC(C)N(C)CCNCCC#N. The minimum atomic E-state index is 0.600. The van der Waals surface area contributed by atoms with Gasteiger partial charge in [-0.2, -0.15) is 5.26 Å². The zero-order valence-corrected chi connectivity index (χ0v) is 8.30. The van der Waals surface area contributed by atoms with Crippen LogP contribution >= 0.6 is 0 Å². The van der Waals surface area contributed by atoms with Gasteiger partial charge in [-0.05, 0) is 20.9 Å². The average Bonchev–Trinajstić information content (AvgIpc) is 2.03. The lowest BCUT2D eigenvalue weighted by atomic mass is 10.3. The molecular formula is C9H19N3. The number of hydrogen-bond donors (Lipinski definition) is 1. The monoisotopic (exact) mass is 169 g/mol. The van der Waals surface area contributed by atoms with Crippen molar-refractivity contribution in [2.24, 2.45) is 0 Å². The van der Waals surface area contributed by atoms with E-state index in [-0.39, 0.29) is 0 Å². The maximum absolute atomic E-state index is 8.26. The molecule has 0 fully saturated rings. The number of likely N-dealkylation sites (N-methyl/N-ethyl adjacent to an activating group) is 1. The van der Waals surface area contributed by atoms with Crippen molar-refractivity contribution in [3.05, 3.63) is 0 Å². The molecule has 70 valence electrons. The summed E-state index contributed by atoms with van der Waals surface area (Å²) in [5.74, 6) is 0. The molecule has 12 heavy (non-hydrogen) atoms. The van der Waals surface area contributed by atoms with E-state index >= 15 is 0 Å². The lowest BCUT2D eigenvalue weighted by molar-refractivity contribution is 0.274. The average molecular weight is 169 g/mol. The largest absolute Gasteiger partial charge is 0.314 e. The van der Waals surface area contributed by atoms with Crippen LogP contribution in [-0.2, 0) is 0 Å². The molecule has 0 radical (unpaired) electrons. The molecule has 0 aliphatic rings. The van der Waals surface area contributed by atoms with Gasteiger partial charge < -0.3 is 10.2 Å². The minimum absolute atomic E-state index is 0.600. The van der Waals surface area contributed by atoms with E-state index in [2.05, 4.69) is 37.2 Å². The van der Waals surface area contributed by atoms with Crippen LogP contribution in [0.15, 0.2) is 0 Å². The molecule has 3 heteroatoms. The molecule has 0 aromatic heterocycles. The highest BCUT2D eigenvalue weighted by Crippen LogP contribution is 1.90. The summed E-state index contributed by atoms with van der Waals surface area (Å²) >= 11 is 0. The molecule has 0 aliphatic heterocycles. The molecule has 0 aromatic carbocycles. The predicted molar refractivity (Wildman–Crippen MR) is 50.9 cm³/mol. The molecule has 0 spiro atoms. The first-order valence-corrected chi connectivity index (χ1v) is 4.46. The third kappa shape index (κ3) is 6.14. The van der Waals surface area contributed by atoms with Crippen molar-refractivity contribution in [1.82, 2.24) is 10.2 Å². The van der Waals surface area contributed by atoms with E-state index in [1.54, 1.807) is 0 Å². The molecule has 3 nitrogen and oxygen atoms in total. The summed E-state index contributed by atoms with van der Waals surface area (Å²) in [7, 11) is 2.11. The lowest BCUT2D eigenvalue weighted by Gasteiger charge is -2.20. The first-order valence-electron chi connectivity index (χ1n) is 4.46. The van der Waals surface area contributed by atoms with E-state index < -0.39 is 0 Å². The molecule has 0 atom stereocenters. The Labute approximate surface area is 75.4 Å². The standard InChI is InChI=1S/C9H19N3/c1-9(2)12(3)8-7-11-6-4-5-10/h9,11H,4,6-8H2,1-3H3. The van der Waals surface area contributed by atoms with Crippen LogP contribution < -0.4 is 5.32 Å². The number of hydrogen-bond acceptors (Lipinski definition) is 3. The van der Waals surface area contributed by atoms with E-state index in [4.69, 9.17) is 5.26 Å². The molecule has 0 aromatic rings. The summed E-state index contributed by atoms with van der Waals surface area (Å²) in [6.45, 7) is 7.17. The summed E-state index contributed by atoms with van der Waals surface area (Å²) in [6, 6.07) is 2.70. The van der Waals surface area contributed by atoms with E-state index in [0.717, 1.165) is 19.6 Å². The van der Waals surface area contributed by atoms with Crippen molar-refractivity contribution in [3.8, 4) is 6.07 Å². The molecule has 0 heterocycles. The Morgan fingerprint density at radius 2 is 2.08 bits per heavy atom. The Balaban J connectivity index is 3.15. The van der Waals surface area contributed by atoms with Crippen molar-refractivity contribution >= 4 is 0 Å². The fourth-order valence-electron chi connectivity index (χ4n) is 0.783. The van der Waals surface area contributed by atoms with Gasteiger partial charge in [0.2, 0.25) is 0 Å². The topological polar surface area (TPSA) is 39.1 Å². The molecule has 0 unspecified atom stereocenters. The molecular weight excluding hydrogens is 150 g/mol. The van der Waals surface area contributed by atoms with Crippen LogP contribution in [0.2, 0.25) is 0 Å². The molecule has 0 aliphatic carbocycles. The molecule has 0 saturated heterocycles. The van der Waals surface area contributed by atoms with Crippen LogP contribution in [0.25, 0.3) is 0 Å². The van der Waals surface area contributed by atoms with Gasteiger partial charge in [0, 0.05) is 32.1 Å². The molecule has 0 rings (SSSR count). The predicted octanol–water partition coefficient (Wildman–Crippen LogP) is 0.830. The van der Waals surface area contributed by atoms with Gasteiger partial charge in [0.25, 0.3) is 0 Å². The van der Waals surface area contributed by atoms with E-state index in [1.165, 1.54) is 0 Å². The maximum atomic E-state index is 8.26. The van der Waals surface area contributed by atoms with Gasteiger partial charge >= 0.3 is 0 Å². The number of nitrogens with one attached hydrogen (secondary N) is 1. The third-order valence-electron chi connectivity index (χ3n) is 1.94. The Hall–Kier alpha value is -0.590. The summed E-state index contributed by atoms with van der Waals surface area (Å²) in [4.78, 5) is 2.28. The zero-order valence-electron chi connectivity index (χ0n) is 8.30. The van der Waals surface area contributed by atoms with Gasteiger partial charge in [0.15, 0.2) is 0 Å². The van der Waals surface area contributed by atoms with E-state index in [0.29, 0.717) is 12.5 Å². The van der Waals surface area contributed by atoms with E-state index in [1.807, 2.05) is 0 Å². The normalized spacial score (nSPS) is 10.7. The van der Waals surface area contributed by atoms with Gasteiger partial charge in [0.1, 0.15) is 0 Å². The van der Waals surface area contributed by atoms with Crippen LogP contribution in [0.1, 0.15) is 20.3 Å². The highest BCUT2D eigenvalue weighted by molar-refractivity contribution is 4.70. The minimum Gasteiger partial charge on any atom is -0.314 e. The lowest BCUT2D eigenvalue weighted by Crippen LogP contribution is -2.33. The highest BCUT2D eigenvalue weighted by atomic mass is 15.1. The van der Waals surface area contributed by atoms with Crippen LogP contribution in [0.4, 0.5) is 0 Å². The van der Waals surface area contributed by atoms with Gasteiger partial charge in [-0.25, -0.2) is 0 Å². The Kier molecular flexibility index (Phi) is 6.73. The number of nitriles is 1. The summed E-state index contributed by atoms with van der Waals surface area (Å²) < 4.78 is 0. The van der Waals surface area contributed by atoms with Gasteiger partial charge in [-0.1, -0.05) is 0 Å². The first kappa shape index (κ1) is 11.4. The van der Waals surface area contributed by atoms with Gasteiger partial charge in [-0.15, -0.1) is 0 Å². The Bertz CT molecular complexity index is 137. The van der Waals surface area contributed by atoms with Crippen LogP contribution in [0, 0.1) is 11.3 Å².